The first-order chi connectivity index (χ1) is 10.2. The lowest BCUT2D eigenvalue weighted by molar-refractivity contribution is 0.340. The van der Waals surface area contributed by atoms with E-state index in [1.54, 1.807) is 0 Å². The maximum atomic E-state index is 6.00. The molecule has 3 heteroatoms. The Morgan fingerprint density at radius 3 is 2.19 bits per heavy atom. The van der Waals surface area contributed by atoms with Crippen LogP contribution in [0.3, 0.4) is 0 Å². The molecule has 2 aromatic rings. The van der Waals surface area contributed by atoms with Crippen molar-refractivity contribution in [3.05, 3.63) is 59.7 Å². The maximum Gasteiger partial charge on any atom is 0.119 e. The number of rotatable bonds is 6. The second-order valence-electron chi connectivity index (χ2n) is 5.20. The Bertz CT molecular complexity index is 548. The number of nitrogens with two attached hydrogens (primary N) is 1. The highest BCUT2D eigenvalue weighted by atomic mass is 16.5. The van der Waals surface area contributed by atoms with Crippen LogP contribution in [-0.2, 0) is 0 Å². The monoisotopic (exact) mass is 284 g/mol. The van der Waals surface area contributed by atoms with Gasteiger partial charge in [-0.15, -0.1) is 0 Å². The van der Waals surface area contributed by atoms with Gasteiger partial charge in [0.2, 0.25) is 0 Å². The molecule has 2 rings (SSSR count). The molecule has 0 saturated heterocycles. The standard InChI is InChI=1S/C18H24N2O/c1-4-21-17-11-7-15(8-12-17)18(13-19)20(3)16-9-5-14(2)6-10-16/h5-12,18H,4,13,19H2,1-3H3. The fraction of sp³-hybridized carbons (Fsp3) is 0.333. The number of likely N-dealkylation sites (N-methyl/N-ethyl adjacent to an activating group) is 1. The van der Waals surface area contributed by atoms with Crippen LogP contribution in [0.2, 0.25) is 0 Å². The molecule has 112 valence electrons. The van der Waals surface area contributed by atoms with E-state index >= 15 is 0 Å². The van der Waals surface area contributed by atoms with Crippen molar-refractivity contribution in [2.45, 2.75) is 19.9 Å². The number of ether oxygens (including phenoxy) is 1. The van der Waals surface area contributed by atoms with Gasteiger partial charge in [-0.25, -0.2) is 0 Å². The average molecular weight is 284 g/mol. The van der Waals surface area contributed by atoms with Crippen molar-refractivity contribution in [2.75, 3.05) is 25.1 Å². The normalized spacial score (nSPS) is 12.0. The molecule has 2 aromatic carbocycles. The van der Waals surface area contributed by atoms with Gasteiger partial charge in [-0.3, -0.25) is 0 Å². The molecule has 2 N–H and O–H groups in total. The summed E-state index contributed by atoms with van der Waals surface area (Å²) < 4.78 is 5.49. The first-order valence-corrected chi connectivity index (χ1v) is 7.38. The zero-order chi connectivity index (χ0) is 15.2. The number of anilines is 1. The third-order valence-corrected chi connectivity index (χ3v) is 3.71. The highest BCUT2D eigenvalue weighted by Gasteiger charge is 2.16. The van der Waals surface area contributed by atoms with E-state index in [4.69, 9.17) is 10.5 Å². The lowest BCUT2D eigenvalue weighted by Crippen LogP contribution is -2.30. The second-order valence-corrected chi connectivity index (χ2v) is 5.20. The molecule has 0 heterocycles. The van der Waals surface area contributed by atoms with Gasteiger partial charge in [0.05, 0.1) is 12.6 Å². The van der Waals surface area contributed by atoms with E-state index < -0.39 is 0 Å². The Labute approximate surface area is 127 Å². The van der Waals surface area contributed by atoms with Gasteiger partial charge in [0.15, 0.2) is 0 Å². The van der Waals surface area contributed by atoms with Crippen LogP contribution in [0.5, 0.6) is 5.75 Å². The summed E-state index contributed by atoms with van der Waals surface area (Å²) in [5, 5.41) is 0. The number of hydrogen-bond donors (Lipinski definition) is 1. The maximum absolute atomic E-state index is 6.00. The molecule has 3 nitrogen and oxygen atoms in total. The predicted molar refractivity (Wildman–Crippen MR) is 89.0 cm³/mol. The quantitative estimate of drug-likeness (QED) is 0.882. The summed E-state index contributed by atoms with van der Waals surface area (Å²) in [6.07, 6.45) is 0. The average Bonchev–Trinajstić information content (AvgIpc) is 2.50. The molecular formula is C18H24N2O. The zero-order valence-corrected chi connectivity index (χ0v) is 13.0. The summed E-state index contributed by atoms with van der Waals surface area (Å²) in [4.78, 5) is 2.22. The van der Waals surface area contributed by atoms with E-state index in [0.29, 0.717) is 13.2 Å². The van der Waals surface area contributed by atoms with Crippen LogP contribution < -0.4 is 15.4 Å². The molecule has 0 spiro atoms. The van der Waals surface area contributed by atoms with Gasteiger partial charge >= 0.3 is 0 Å². The molecule has 1 unspecified atom stereocenters. The van der Waals surface area contributed by atoms with Crippen LogP contribution in [-0.4, -0.2) is 20.2 Å². The van der Waals surface area contributed by atoms with Crippen molar-refractivity contribution in [3.8, 4) is 5.75 Å². The minimum Gasteiger partial charge on any atom is -0.494 e. The minimum absolute atomic E-state index is 0.156. The van der Waals surface area contributed by atoms with Crippen LogP contribution in [0.1, 0.15) is 24.1 Å². The molecule has 0 fully saturated rings. The molecule has 0 aliphatic rings. The Morgan fingerprint density at radius 1 is 1.05 bits per heavy atom. The third-order valence-electron chi connectivity index (χ3n) is 3.71. The lowest BCUT2D eigenvalue weighted by atomic mass is 10.0. The molecule has 1 atom stereocenters. The number of benzene rings is 2. The van der Waals surface area contributed by atoms with Crippen LogP contribution in [0.4, 0.5) is 5.69 Å². The summed E-state index contributed by atoms with van der Waals surface area (Å²) in [6.45, 7) is 5.33. The van der Waals surface area contributed by atoms with Crippen LogP contribution in [0.25, 0.3) is 0 Å². The van der Waals surface area contributed by atoms with Crippen LogP contribution >= 0.6 is 0 Å². The fourth-order valence-electron chi connectivity index (χ4n) is 2.43. The van der Waals surface area contributed by atoms with Gasteiger partial charge in [-0.1, -0.05) is 29.8 Å². The summed E-state index contributed by atoms with van der Waals surface area (Å²) in [7, 11) is 2.08. The predicted octanol–water partition coefficient (Wildman–Crippen LogP) is 3.53. The van der Waals surface area contributed by atoms with E-state index in [2.05, 4.69) is 55.3 Å². The Morgan fingerprint density at radius 2 is 1.67 bits per heavy atom. The van der Waals surface area contributed by atoms with E-state index in [9.17, 15) is 0 Å². The van der Waals surface area contributed by atoms with Gasteiger partial charge in [-0.2, -0.15) is 0 Å². The molecule has 0 amide bonds. The largest absolute Gasteiger partial charge is 0.494 e. The molecule has 0 aromatic heterocycles. The Kier molecular flexibility index (Phi) is 5.23. The first kappa shape index (κ1) is 15.4. The van der Waals surface area contributed by atoms with Gasteiger partial charge in [0.25, 0.3) is 0 Å². The molecule has 21 heavy (non-hydrogen) atoms. The molecule has 0 aliphatic heterocycles. The molecule has 0 bridgehead atoms. The van der Waals surface area contributed by atoms with Crippen molar-refractivity contribution >= 4 is 5.69 Å². The number of nitrogens with zero attached hydrogens (tertiary/aromatic N) is 1. The van der Waals surface area contributed by atoms with E-state index in [0.717, 1.165) is 5.75 Å². The summed E-state index contributed by atoms with van der Waals surface area (Å²) in [5.41, 5.74) is 9.63. The highest BCUT2D eigenvalue weighted by molar-refractivity contribution is 5.49. The van der Waals surface area contributed by atoms with E-state index in [1.165, 1.54) is 16.8 Å². The first-order valence-electron chi connectivity index (χ1n) is 7.38. The molecular weight excluding hydrogens is 260 g/mol. The van der Waals surface area contributed by atoms with Gasteiger partial charge in [0.1, 0.15) is 5.75 Å². The Balaban J connectivity index is 2.19. The van der Waals surface area contributed by atoms with E-state index in [-0.39, 0.29) is 6.04 Å². The highest BCUT2D eigenvalue weighted by Crippen LogP contribution is 2.26. The van der Waals surface area contributed by atoms with Crippen molar-refractivity contribution in [1.82, 2.24) is 0 Å². The molecule has 0 aliphatic carbocycles. The fourth-order valence-corrected chi connectivity index (χ4v) is 2.43. The van der Waals surface area contributed by atoms with Gasteiger partial charge < -0.3 is 15.4 Å². The Hall–Kier alpha value is -2.00. The van der Waals surface area contributed by atoms with Gasteiger partial charge in [0, 0.05) is 19.3 Å². The summed E-state index contributed by atoms with van der Waals surface area (Å²) in [6, 6.07) is 16.9. The molecule has 0 radical (unpaired) electrons. The third kappa shape index (κ3) is 3.76. The summed E-state index contributed by atoms with van der Waals surface area (Å²) >= 11 is 0. The van der Waals surface area contributed by atoms with Crippen molar-refractivity contribution in [3.63, 3.8) is 0 Å². The minimum atomic E-state index is 0.156. The van der Waals surface area contributed by atoms with Crippen LogP contribution in [0, 0.1) is 6.92 Å². The summed E-state index contributed by atoms with van der Waals surface area (Å²) in [5.74, 6) is 0.898. The van der Waals surface area contributed by atoms with Crippen LogP contribution in [0.15, 0.2) is 48.5 Å². The lowest BCUT2D eigenvalue weighted by Gasteiger charge is -2.29. The smallest absolute Gasteiger partial charge is 0.119 e. The van der Waals surface area contributed by atoms with E-state index in [1.807, 2.05) is 19.1 Å². The number of aryl methyl sites for hydroxylation is 1. The SMILES string of the molecule is CCOc1ccc(C(CN)N(C)c2ccc(C)cc2)cc1. The second kappa shape index (κ2) is 7.14. The molecule has 0 saturated carbocycles. The number of hydrogen-bond acceptors (Lipinski definition) is 3. The van der Waals surface area contributed by atoms with Crippen molar-refractivity contribution < 1.29 is 4.74 Å². The van der Waals surface area contributed by atoms with Crippen molar-refractivity contribution in [1.29, 1.82) is 0 Å². The zero-order valence-electron chi connectivity index (χ0n) is 13.0. The van der Waals surface area contributed by atoms with Crippen molar-refractivity contribution in [2.24, 2.45) is 5.73 Å². The van der Waals surface area contributed by atoms with Gasteiger partial charge in [-0.05, 0) is 43.7 Å². The topological polar surface area (TPSA) is 38.5 Å².